The van der Waals surface area contributed by atoms with Crippen molar-refractivity contribution in [1.29, 1.82) is 0 Å². The van der Waals surface area contributed by atoms with Gasteiger partial charge < -0.3 is 0 Å². The van der Waals surface area contributed by atoms with Gasteiger partial charge in [0.2, 0.25) is 0 Å². The van der Waals surface area contributed by atoms with Crippen LogP contribution < -0.4 is 0 Å². The van der Waals surface area contributed by atoms with E-state index in [9.17, 15) is 0 Å². The van der Waals surface area contributed by atoms with E-state index in [2.05, 4.69) is 0 Å². The van der Waals surface area contributed by atoms with Gasteiger partial charge in [-0.15, -0.1) is 0 Å². The molecule has 0 radical (unpaired) electrons. The van der Waals surface area contributed by atoms with Crippen LogP contribution in [0.1, 0.15) is 0 Å². The summed E-state index contributed by atoms with van der Waals surface area (Å²) in [7, 11) is -18.7. The van der Waals surface area contributed by atoms with E-state index in [1.54, 1.807) is 0 Å². The molecule has 0 saturated heterocycles. The monoisotopic (exact) mass is 610 g/mol. The molecule has 0 saturated carbocycles. The molecule has 24 heteroatoms. The van der Waals surface area contributed by atoms with E-state index < -0.39 is 41.6 Å². The summed E-state index contributed by atoms with van der Waals surface area (Å²) < 4.78 is 126. The molecule has 0 amide bonds. The summed E-state index contributed by atoms with van der Waals surface area (Å²) in [5.74, 6) is 0. The van der Waals surface area contributed by atoms with Crippen LogP contribution in [0.5, 0.6) is 0 Å². The Balaban J connectivity index is -0.0000000225. The standard InChI is InChI=1S/2Cr.Fe.Ni.4H2O4S/c;;;;4*1-5(2,3)4/h;;;;4*(H2,1,2,3,4). The Kier molecular flexibility index (Phi) is 43.5. The van der Waals surface area contributed by atoms with Crippen molar-refractivity contribution in [3.8, 4) is 0 Å². The molecule has 0 aliphatic heterocycles. The number of hydrogen-bond donors (Lipinski definition) is 8. The summed E-state index contributed by atoms with van der Waals surface area (Å²) in [6, 6.07) is 0. The molecule has 24 heavy (non-hydrogen) atoms. The van der Waals surface area contributed by atoms with Crippen LogP contribution in [0.3, 0.4) is 0 Å². The predicted molar refractivity (Wildman–Crippen MR) is 56.7 cm³/mol. The fourth-order valence-corrected chi connectivity index (χ4v) is 0. The van der Waals surface area contributed by atoms with Gasteiger partial charge in [-0.2, -0.15) is 33.7 Å². The Bertz CT molecular complexity index is 489. The number of rotatable bonds is 0. The third-order valence-corrected chi connectivity index (χ3v) is 0. The van der Waals surface area contributed by atoms with Gasteiger partial charge in [0.25, 0.3) is 0 Å². The summed E-state index contributed by atoms with van der Waals surface area (Å²) in [4.78, 5) is 0. The third-order valence-electron chi connectivity index (χ3n) is 0. The first-order valence-electron chi connectivity index (χ1n) is 2.79. The molecule has 0 aliphatic carbocycles. The van der Waals surface area contributed by atoms with Crippen LogP contribution >= 0.6 is 0 Å². The van der Waals surface area contributed by atoms with Crippen LogP contribution in [0.25, 0.3) is 0 Å². The molecular weight excluding hydrogens is 603 g/mol. The van der Waals surface area contributed by atoms with Crippen molar-refractivity contribution < 1.29 is 138 Å². The van der Waals surface area contributed by atoms with E-state index in [1.807, 2.05) is 0 Å². The van der Waals surface area contributed by atoms with E-state index in [4.69, 9.17) is 70.1 Å². The molecule has 0 spiro atoms. The molecule has 0 atom stereocenters. The molecule has 8 N–H and O–H groups in total. The molecule has 158 valence electrons. The van der Waals surface area contributed by atoms with Gasteiger partial charge in [0, 0.05) is 68.3 Å². The van der Waals surface area contributed by atoms with E-state index in [0.29, 0.717) is 0 Å². The van der Waals surface area contributed by atoms with E-state index in [0.717, 1.165) is 0 Å². The van der Waals surface area contributed by atoms with Crippen LogP contribution in [0.15, 0.2) is 0 Å². The van der Waals surface area contributed by atoms with Crippen molar-refractivity contribution in [2.24, 2.45) is 0 Å². The van der Waals surface area contributed by atoms with Crippen LogP contribution in [-0.2, 0) is 110 Å². The van der Waals surface area contributed by atoms with Crippen LogP contribution in [0, 0.1) is 0 Å². The first kappa shape index (κ1) is 50.0. The summed E-state index contributed by atoms with van der Waals surface area (Å²) >= 11 is 0. The zero-order valence-corrected chi connectivity index (χ0v) is 17.9. The van der Waals surface area contributed by atoms with Gasteiger partial charge in [-0.3, -0.25) is 36.4 Å². The Labute approximate surface area is 178 Å². The summed E-state index contributed by atoms with van der Waals surface area (Å²) in [6.45, 7) is 0. The summed E-state index contributed by atoms with van der Waals surface area (Å²) in [5, 5.41) is 0. The van der Waals surface area contributed by atoms with Gasteiger partial charge >= 0.3 is 41.6 Å². The van der Waals surface area contributed by atoms with Crippen molar-refractivity contribution in [3.63, 3.8) is 0 Å². The van der Waals surface area contributed by atoms with Crippen molar-refractivity contribution in [2.75, 3.05) is 0 Å². The van der Waals surface area contributed by atoms with Gasteiger partial charge in [-0.25, -0.2) is 0 Å². The first-order chi connectivity index (χ1) is 8.00. The van der Waals surface area contributed by atoms with Gasteiger partial charge in [0.05, 0.1) is 0 Å². The minimum absolute atomic E-state index is 0. The largest absolute Gasteiger partial charge is 0.394 e. The Morgan fingerprint density at radius 2 is 0.375 bits per heavy atom. The molecule has 0 fully saturated rings. The Morgan fingerprint density at radius 1 is 0.375 bits per heavy atom. The molecule has 0 rings (SSSR count). The second-order valence-corrected chi connectivity index (χ2v) is 5.37. The zero-order chi connectivity index (χ0) is 18.0. The van der Waals surface area contributed by atoms with Gasteiger partial charge in [-0.05, 0) is 0 Å². The van der Waals surface area contributed by atoms with Crippen molar-refractivity contribution >= 4 is 41.6 Å². The molecule has 0 aromatic carbocycles. The maximum atomic E-state index is 8.74. The molecule has 0 aromatic heterocycles. The molecule has 16 nitrogen and oxygen atoms in total. The van der Waals surface area contributed by atoms with Crippen molar-refractivity contribution in [3.05, 3.63) is 0 Å². The van der Waals surface area contributed by atoms with Crippen molar-refractivity contribution in [1.82, 2.24) is 0 Å². The topological polar surface area (TPSA) is 298 Å². The van der Waals surface area contributed by atoms with Crippen LogP contribution in [0.2, 0.25) is 0 Å². The minimum atomic E-state index is -4.67. The maximum Gasteiger partial charge on any atom is 0.394 e. The van der Waals surface area contributed by atoms with Gasteiger partial charge in [0.15, 0.2) is 0 Å². The quantitative estimate of drug-likeness (QED) is 0.103. The summed E-state index contributed by atoms with van der Waals surface area (Å²) in [6.07, 6.45) is 0. The average molecular weight is 611 g/mol. The number of hydrogen-bond acceptors (Lipinski definition) is 8. The maximum absolute atomic E-state index is 8.74. The van der Waals surface area contributed by atoms with Gasteiger partial charge in [0.1, 0.15) is 0 Å². The van der Waals surface area contributed by atoms with Crippen LogP contribution in [-0.4, -0.2) is 70.1 Å². The Hall–Kier alpha value is 1.56. The van der Waals surface area contributed by atoms with Gasteiger partial charge in [-0.1, -0.05) is 0 Å². The second-order valence-electron chi connectivity index (χ2n) is 1.79. The SMILES string of the molecule is O=S(=O)(O)O.O=S(=O)(O)O.O=S(=O)(O)O.O=S(=O)(O)O.[Cr].[Cr].[Fe].[Ni]. The van der Waals surface area contributed by atoms with E-state index in [-0.39, 0.29) is 68.3 Å². The normalized spacial score (nSPS) is 9.67. The fraction of sp³-hybridized carbons (Fsp3) is 0. The third kappa shape index (κ3) is 4940. The molecule has 0 unspecified atom stereocenters. The minimum Gasteiger partial charge on any atom is -0.264 e. The average Bonchev–Trinajstić information content (AvgIpc) is 1.62. The first-order valence-corrected chi connectivity index (χ1v) is 8.38. The van der Waals surface area contributed by atoms with Crippen LogP contribution in [0.4, 0.5) is 0 Å². The van der Waals surface area contributed by atoms with E-state index >= 15 is 0 Å². The molecular formula is H8Cr2FeNiO16S4. The molecule has 0 aliphatic rings. The molecule has 0 aromatic rings. The predicted octanol–water partition coefficient (Wildman–Crippen LogP) is -2.62. The summed E-state index contributed by atoms with van der Waals surface area (Å²) in [5.41, 5.74) is 0. The molecule has 0 heterocycles. The Morgan fingerprint density at radius 3 is 0.375 bits per heavy atom. The smallest absolute Gasteiger partial charge is 0.264 e. The van der Waals surface area contributed by atoms with Crippen molar-refractivity contribution in [2.45, 2.75) is 0 Å². The van der Waals surface area contributed by atoms with E-state index in [1.165, 1.54) is 0 Å². The second kappa shape index (κ2) is 20.9. The zero-order valence-electron chi connectivity index (χ0n) is 9.96. The molecule has 0 bridgehead atoms. The fourth-order valence-electron chi connectivity index (χ4n) is 0.